The molecule has 90 valence electrons. The van der Waals surface area contributed by atoms with Crippen LogP contribution in [0, 0.1) is 5.92 Å². The molecule has 0 aromatic rings. The third-order valence-corrected chi connectivity index (χ3v) is 3.75. The first-order valence-electron chi connectivity index (χ1n) is 6.57. The van der Waals surface area contributed by atoms with Crippen LogP contribution in [-0.2, 0) is 4.74 Å². The van der Waals surface area contributed by atoms with Crippen molar-refractivity contribution in [3.8, 4) is 0 Å². The Morgan fingerprint density at radius 1 is 1.27 bits per heavy atom. The Bertz CT molecular complexity index is 162. The minimum atomic E-state index is 0.0827. The van der Waals surface area contributed by atoms with Crippen molar-refractivity contribution in [2.75, 3.05) is 13.2 Å². The van der Waals surface area contributed by atoms with Crippen molar-refractivity contribution in [3.63, 3.8) is 0 Å². The number of rotatable bonds is 6. The minimum absolute atomic E-state index is 0.0827. The van der Waals surface area contributed by atoms with E-state index in [0.717, 1.165) is 25.6 Å². The summed E-state index contributed by atoms with van der Waals surface area (Å²) in [6, 6.07) is 0. The Labute approximate surface area is 94.6 Å². The lowest BCUT2D eigenvalue weighted by molar-refractivity contribution is 0.107. The number of hydrogen-bond acceptors (Lipinski definition) is 2. The molecule has 1 rings (SSSR count). The number of hydrogen-bond donors (Lipinski definition) is 1. The zero-order chi connectivity index (χ0) is 11.1. The number of nitrogens with two attached hydrogens (primary N) is 1. The molecule has 0 heterocycles. The zero-order valence-corrected chi connectivity index (χ0v) is 10.4. The highest BCUT2D eigenvalue weighted by Crippen LogP contribution is 2.34. The molecule has 1 aliphatic rings. The second-order valence-corrected chi connectivity index (χ2v) is 5.04. The molecule has 2 N–H and O–H groups in total. The summed E-state index contributed by atoms with van der Waals surface area (Å²) in [5.74, 6) is 0.943. The first kappa shape index (κ1) is 13.0. The summed E-state index contributed by atoms with van der Waals surface area (Å²) in [6.45, 7) is 5.97. The van der Waals surface area contributed by atoms with E-state index in [4.69, 9.17) is 10.5 Å². The molecule has 0 unspecified atom stereocenters. The Morgan fingerprint density at radius 3 is 2.47 bits per heavy atom. The van der Waals surface area contributed by atoms with Crippen LogP contribution < -0.4 is 5.73 Å². The Hall–Kier alpha value is -0.0800. The molecule has 2 nitrogen and oxygen atoms in total. The van der Waals surface area contributed by atoms with Gasteiger partial charge >= 0.3 is 0 Å². The molecule has 0 saturated heterocycles. The summed E-state index contributed by atoms with van der Waals surface area (Å²) in [4.78, 5) is 0. The third-order valence-electron chi connectivity index (χ3n) is 3.75. The summed E-state index contributed by atoms with van der Waals surface area (Å²) >= 11 is 0. The highest BCUT2D eigenvalue weighted by atomic mass is 16.5. The van der Waals surface area contributed by atoms with Crippen LogP contribution in [-0.4, -0.2) is 18.8 Å². The van der Waals surface area contributed by atoms with Gasteiger partial charge in [0.15, 0.2) is 0 Å². The van der Waals surface area contributed by atoms with E-state index in [0.29, 0.717) is 0 Å². The molecule has 0 spiro atoms. The predicted octanol–water partition coefficient (Wildman–Crippen LogP) is 3.10. The molecule has 0 amide bonds. The normalized spacial score (nSPS) is 31.8. The Balaban J connectivity index is 2.21. The molecule has 0 aromatic heterocycles. The minimum Gasteiger partial charge on any atom is -0.382 e. The quantitative estimate of drug-likeness (QED) is 0.688. The lowest BCUT2D eigenvalue weighted by Crippen LogP contribution is -2.44. The smallest absolute Gasteiger partial charge is 0.0483 e. The molecular formula is C13H27NO. The van der Waals surface area contributed by atoms with E-state index in [1.54, 1.807) is 0 Å². The fourth-order valence-corrected chi connectivity index (χ4v) is 2.62. The van der Waals surface area contributed by atoms with E-state index in [2.05, 4.69) is 6.92 Å². The van der Waals surface area contributed by atoms with Gasteiger partial charge in [0.2, 0.25) is 0 Å². The second kappa shape index (κ2) is 6.49. The van der Waals surface area contributed by atoms with Crippen LogP contribution in [0.4, 0.5) is 0 Å². The van der Waals surface area contributed by atoms with Gasteiger partial charge < -0.3 is 10.5 Å². The Kier molecular flexibility index (Phi) is 5.62. The zero-order valence-electron chi connectivity index (χ0n) is 10.4. The fraction of sp³-hybridized carbons (Fsp3) is 1.00. The lowest BCUT2D eigenvalue weighted by Gasteiger charge is -2.37. The van der Waals surface area contributed by atoms with E-state index >= 15 is 0 Å². The monoisotopic (exact) mass is 213 g/mol. The van der Waals surface area contributed by atoms with Crippen LogP contribution in [0.2, 0.25) is 0 Å². The van der Waals surface area contributed by atoms with Gasteiger partial charge in [-0.3, -0.25) is 0 Å². The topological polar surface area (TPSA) is 35.2 Å². The standard InChI is InChI=1S/C13H27NO/c1-3-5-12-6-8-13(14,9-7-12)10-11-15-4-2/h12H,3-11,14H2,1-2H3. The average molecular weight is 213 g/mol. The van der Waals surface area contributed by atoms with Crippen LogP contribution in [0.5, 0.6) is 0 Å². The van der Waals surface area contributed by atoms with Crippen molar-refractivity contribution in [2.45, 2.75) is 64.3 Å². The van der Waals surface area contributed by atoms with E-state index < -0.39 is 0 Å². The molecule has 15 heavy (non-hydrogen) atoms. The van der Waals surface area contributed by atoms with Crippen molar-refractivity contribution in [3.05, 3.63) is 0 Å². The van der Waals surface area contributed by atoms with Gasteiger partial charge in [0.25, 0.3) is 0 Å². The molecule has 2 heteroatoms. The maximum absolute atomic E-state index is 6.38. The first-order valence-corrected chi connectivity index (χ1v) is 6.57. The molecule has 1 aliphatic carbocycles. The summed E-state index contributed by atoms with van der Waals surface area (Å²) in [5.41, 5.74) is 6.46. The van der Waals surface area contributed by atoms with Crippen molar-refractivity contribution in [1.29, 1.82) is 0 Å². The summed E-state index contributed by atoms with van der Waals surface area (Å²) in [6.07, 6.45) is 8.81. The van der Waals surface area contributed by atoms with Crippen LogP contribution in [0.25, 0.3) is 0 Å². The first-order chi connectivity index (χ1) is 7.20. The van der Waals surface area contributed by atoms with Gasteiger partial charge in [0.05, 0.1) is 0 Å². The van der Waals surface area contributed by atoms with Crippen LogP contribution in [0.15, 0.2) is 0 Å². The average Bonchev–Trinajstić information content (AvgIpc) is 2.23. The molecule has 0 atom stereocenters. The maximum Gasteiger partial charge on any atom is 0.0483 e. The second-order valence-electron chi connectivity index (χ2n) is 5.04. The largest absolute Gasteiger partial charge is 0.382 e. The molecule has 0 aromatic carbocycles. The molecule has 0 bridgehead atoms. The van der Waals surface area contributed by atoms with Crippen LogP contribution >= 0.6 is 0 Å². The summed E-state index contributed by atoms with van der Waals surface area (Å²) < 4.78 is 5.40. The molecule has 1 fully saturated rings. The molecular weight excluding hydrogens is 186 g/mol. The van der Waals surface area contributed by atoms with Crippen LogP contribution in [0.1, 0.15) is 58.8 Å². The van der Waals surface area contributed by atoms with Crippen molar-refractivity contribution < 1.29 is 4.74 Å². The van der Waals surface area contributed by atoms with Gasteiger partial charge in [0, 0.05) is 18.8 Å². The van der Waals surface area contributed by atoms with Gasteiger partial charge in [-0.2, -0.15) is 0 Å². The van der Waals surface area contributed by atoms with Gasteiger partial charge in [-0.1, -0.05) is 19.8 Å². The molecule has 0 radical (unpaired) electrons. The van der Waals surface area contributed by atoms with Crippen molar-refractivity contribution >= 4 is 0 Å². The van der Waals surface area contributed by atoms with Gasteiger partial charge in [-0.25, -0.2) is 0 Å². The van der Waals surface area contributed by atoms with Gasteiger partial charge in [-0.05, 0) is 44.9 Å². The lowest BCUT2D eigenvalue weighted by atomic mass is 9.74. The predicted molar refractivity (Wildman–Crippen MR) is 64.9 cm³/mol. The SMILES string of the molecule is CCCC1CCC(N)(CCOCC)CC1. The molecule has 1 saturated carbocycles. The van der Waals surface area contributed by atoms with E-state index in [-0.39, 0.29) is 5.54 Å². The van der Waals surface area contributed by atoms with Crippen molar-refractivity contribution in [1.82, 2.24) is 0 Å². The third kappa shape index (κ3) is 4.52. The maximum atomic E-state index is 6.38. The summed E-state index contributed by atoms with van der Waals surface area (Å²) in [7, 11) is 0. The van der Waals surface area contributed by atoms with E-state index in [9.17, 15) is 0 Å². The van der Waals surface area contributed by atoms with Crippen LogP contribution in [0.3, 0.4) is 0 Å². The number of ether oxygens (including phenoxy) is 1. The van der Waals surface area contributed by atoms with Gasteiger partial charge in [-0.15, -0.1) is 0 Å². The highest BCUT2D eigenvalue weighted by molar-refractivity contribution is 4.89. The van der Waals surface area contributed by atoms with Crippen molar-refractivity contribution in [2.24, 2.45) is 11.7 Å². The van der Waals surface area contributed by atoms with Gasteiger partial charge in [0.1, 0.15) is 0 Å². The summed E-state index contributed by atoms with van der Waals surface area (Å²) in [5, 5.41) is 0. The van der Waals surface area contributed by atoms with E-state index in [1.807, 2.05) is 6.92 Å². The highest BCUT2D eigenvalue weighted by Gasteiger charge is 2.30. The Morgan fingerprint density at radius 2 is 1.93 bits per heavy atom. The fourth-order valence-electron chi connectivity index (χ4n) is 2.62. The molecule has 0 aliphatic heterocycles. The van der Waals surface area contributed by atoms with E-state index in [1.165, 1.54) is 38.5 Å².